The number of carbonyl (C=O) groups excluding carboxylic acids is 1. The Morgan fingerprint density at radius 3 is 2.85 bits per heavy atom. The number of likely N-dealkylation sites (tertiary alicyclic amines) is 1. The predicted molar refractivity (Wildman–Crippen MR) is 76.5 cm³/mol. The molecule has 0 bridgehead atoms. The predicted octanol–water partition coefficient (Wildman–Crippen LogP) is 2.38. The fourth-order valence-electron chi connectivity index (χ4n) is 3.04. The lowest BCUT2D eigenvalue weighted by atomic mass is 9.89. The van der Waals surface area contributed by atoms with Gasteiger partial charge >= 0.3 is 12.0 Å². The maximum atomic E-state index is 12.3. The second-order valence-corrected chi connectivity index (χ2v) is 6.02. The van der Waals surface area contributed by atoms with E-state index in [0.29, 0.717) is 25.4 Å². The maximum absolute atomic E-state index is 12.3. The summed E-state index contributed by atoms with van der Waals surface area (Å²) in [6.07, 6.45) is 9.75. The lowest BCUT2D eigenvalue weighted by Crippen LogP contribution is -2.60. The SMILES string of the molecule is CC1(C(=O)O)CCCCN1C(=O)NCC1CC=CCC1. The van der Waals surface area contributed by atoms with Crippen molar-refractivity contribution in [3.63, 3.8) is 0 Å². The Balaban J connectivity index is 1.92. The van der Waals surface area contributed by atoms with Gasteiger partial charge in [0.05, 0.1) is 0 Å². The number of nitrogens with one attached hydrogen (secondary N) is 1. The minimum atomic E-state index is -1.06. The molecular formula is C15H24N2O3. The van der Waals surface area contributed by atoms with Crippen LogP contribution in [0.4, 0.5) is 4.79 Å². The number of allylic oxidation sites excluding steroid dienone is 2. The zero-order valence-corrected chi connectivity index (χ0v) is 12.1. The summed E-state index contributed by atoms with van der Waals surface area (Å²) < 4.78 is 0. The van der Waals surface area contributed by atoms with Crippen molar-refractivity contribution in [2.75, 3.05) is 13.1 Å². The van der Waals surface area contributed by atoms with Gasteiger partial charge in [-0.3, -0.25) is 0 Å². The van der Waals surface area contributed by atoms with Crippen molar-refractivity contribution in [2.24, 2.45) is 5.92 Å². The quantitative estimate of drug-likeness (QED) is 0.780. The Hall–Kier alpha value is -1.52. The maximum Gasteiger partial charge on any atom is 0.329 e. The number of carbonyl (C=O) groups is 2. The van der Waals surface area contributed by atoms with Crippen molar-refractivity contribution < 1.29 is 14.7 Å². The van der Waals surface area contributed by atoms with E-state index in [0.717, 1.165) is 32.1 Å². The molecule has 112 valence electrons. The monoisotopic (exact) mass is 280 g/mol. The fourth-order valence-corrected chi connectivity index (χ4v) is 3.04. The minimum absolute atomic E-state index is 0.232. The number of nitrogens with zero attached hydrogens (tertiary/aromatic N) is 1. The normalized spacial score (nSPS) is 30.1. The third-order valence-electron chi connectivity index (χ3n) is 4.52. The van der Waals surface area contributed by atoms with Gasteiger partial charge in [0.2, 0.25) is 0 Å². The van der Waals surface area contributed by atoms with Gasteiger partial charge in [-0.25, -0.2) is 9.59 Å². The highest BCUT2D eigenvalue weighted by atomic mass is 16.4. The molecule has 0 spiro atoms. The molecule has 2 unspecified atom stereocenters. The number of aliphatic carboxylic acids is 1. The molecule has 0 aromatic carbocycles. The molecule has 2 atom stereocenters. The van der Waals surface area contributed by atoms with E-state index in [1.165, 1.54) is 4.90 Å². The van der Waals surface area contributed by atoms with E-state index in [9.17, 15) is 14.7 Å². The summed E-state index contributed by atoms with van der Waals surface area (Å²) in [6.45, 7) is 2.81. The Morgan fingerprint density at radius 2 is 2.20 bits per heavy atom. The summed E-state index contributed by atoms with van der Waals surface area (Å²) in [7, 11) is 0. The highest BCUT2D eigenvalue weighted by Crippen LogP contribution is 2.28. The number of carboxylic acid groups (broad SMARTS) is 1. The number of amides is 2. The van der Waals surface area contributed by atoms with E-state index in [2.05, 4.69) is 17.5 Å². The minimum Gasteiger partial charge on any atom is -0.480 e. The Kier molecular flexibility index (Phi) is 4.68. The van der Waals surface area contributed by atoms with E-state index < -0.39 is 11.5 Å². The van der Waals surface area contributed by atoms with Crippen LogP contribution in [0.2, 0.25) is 0 Å². The molecule has 0 aromatic heterocycles. The zero-order chi connectivity index (χ0) is 14.6. The van der Waals surface area contributed by atoms with Gasteiger partial charge in [0, 0.05) is 13.1 Å². The molecular weight excluding hydrogens is 256 g/mol. The molecule has 1 heterocycles. The molecule has 2 N–H and O–H groups in total. The topological polar surface area (TPSA) is 69.6 Å². The van der Waals surface area contributed by atoms with Gasteiger partial charge in [0.1, 0.15) is 5.54 Å². The fraction of sp³-hybridized carbons (Fsp3) is 0.733. The molecule has 0 radical (unpaired) electrons. The molecule has 1 saturated heterocycles. The molecule has 2 aliphatic rings. The summed E-state index contributed by atoms with van der Waals surface area (Å²) in [5.41, 5.74) is -1.06. The summed E-state index contributed by atoms with van der Waals surface area (Å²) in [6, 6.07) is -0.232. The van der Waals surface area contributed by atoms with Crippen LogP contribution in [-0.4, -0.2) is 40.6 Å². The lowest BCUT2D eigenvalue weighted by Gasteiger charge is -2.41. The third kappa shape index (κ3) is 3.14. The highest BCUT2D eigenvalue weighted by Gasteiger charge is 2.43. The van der Waals surface area contributed by atoms with Gasteiger partial charge in [0.25, 0.3) is 0 Å². The van der Waals surface area contributed by atoms with Crippen molar-refractivity contribution in [1.82, 2.24) is 10.2 Å². The summed E-state index contributed by atoms with van der Waals surface area (Å²) >= 11 is 0. The van der Waals surface area contributed by atoms with Crippen LogP contribution >= 0.6 is 0 Å². The number of hydrogen-bond donors (Lipinski definition) is 2. The highest BCUT2D eigenvalue weighted by molar-refractivity contribution is 5.86. The van der Waals surface area contributed by atoms with Gasteiger partial charge < -0.3 is 15.3 Å². The molecule has 5 heteroatoms. The van der Waals surface area contributed by atoms with Crippen molar-refractivity contribution in [1.29, 1.82) is 0 Å². The first-order chi connectivity index (χ1) is 9.54. The number of hydrogen-bond acceptors (Lipinski definition) is 2. The Labute approximate surface area is 120 Å². The lowest BCUT2D eigenvalue weighted by molar-refractivity contribution is -0.150. The molecule has 5 nitrogen and oxygen atoms in total. The van der Waals surface area contributed by atoms with Crippen LogP contribution in [0.25, 0.3) is 0 Å². The first-order valence-electron chi connectivity index (χ1n) is 7.48. The van der Waals surface area contributed by atoms with Gasteiger partial charge in [-0.05, 0) is 51.4 Å². The van der Waals surface area contributed by atoms with Crippen molar-refractivity contribution in [2.45, 2.75) is 51.0 Å². The van der Waals surface area contributed by atoms with E-state index in [4.69, 9.17) is 0 Å². The van der Waals surface area contributed by atoms with E-state index in [-0.39, 0.29) is 6.03 Å². The molecule has 0 saturated carbocycles. The van der Waals surface area contributed by atoms with E-state index in [1.54, 1.807) is 6.92 Å². The van der Waals surface area contributed by atoms with Crippen molar-refractivity contribution in [3.05, 3.63) is 12.2 Å². The third-order valence-corrected chi connectivity index (χ3v) is 4.52. The number of urea groups is 1. The average Bonchev–Trinajstić information content (AvgIpc) is 2.46. The standard InChI is InChI=1S/C15H24N2O3/c1-15(13(18)19)9-5-6-10-17(15)14(20)16-11-12-7-3-2-4-8-12/h2-3,12H,4-11H2,1H3,(H,16,20)(H,18,19). The first-order valence-corrected chi connectivity index (χ1v) is 7.48. The smallest absolute Gasteiger partial charge is 0.329 e. The zero-order valence-electron chi connectivity index (χ0n) is 12.1. The average molecular weight is 280 g/mol. The van der Waals surface area contributed by atoms with Gasteiger partial charge in [-0.1, -0.05) is 12.2 Å². The van der Waals surface area contributed by atoms with E-state index in [1.807, 2.05) is 0 Å². The molecule has 0 aromatic rings. The van der Waals surface area contributed by atoms with Crippen LogP contribution in [0.1, 0.15) is 45.4 Å². The molecule has 20 heavy (non-hydrogen) atoms. The Bertz CT molecular complexity index is 408. The van der Waals surface area contributed by atoms with Gasteiger partial charge in [0.15, 0.2) is 0 Å². The molecule has 2 amide bonds. The summed E-state index contributed by atoms with van der Waals surface area (Å²) in [5.74, 6) is -0.433. The van der Waals surface area contributed by atoms with Crippen LogP contribution in [0.3, 0.4) is 0 Å². The Morgan fingerprint density at radius 1 is 1.40 bits per heavy atom. The second kappa shape index (κ2) is 6.29. The summed E-state index contributed by atoms with van der Waals surface area (Å²) in [4.78, 5) is 25.3. The van der Waals surface area contributed by atoms with Crippen LogP contribution in [0.15, 0.2) is 12.2 Å². The second-order valence-electron chi connectivity index (χ2n) is 6.02. The van der Waals surface area contributed by atoms with Crippen LogP contribution < -0.4 is 5.32 Å². The largest absolute Gasteiger partial charge is 0.480 e. The van der Waals surface area contributed by atoms with Crippen LogP contribution in [-0.2, 0) is 4.79 Å². The van der Waals surface area contributed by atoms with E-state index >= 15 is 0 Å². The molecule has 1 fully saturated rings. The van der Waals surface area contributed by atoms with Crippen LogP contribution in [0, 0.1) is 5.92 Å². The van der Waals surface area contributed by atoms with Crippen molar-refractivity contribution >= 4 is 12.0 Å². The van der Waals surface area contributed by atoms with Gasteiger partial charge in [-0.2, -0.15) is 0 Å². The van der Waals surface area contributed by atoms with Crippen LogP contribution in [0.5, 0.6) is 0 Å². The van der Waals surface area contributed by atoms with Gasteiger partial charge in [-0.15, -0.1) is 0 Å². The number of rotatable bonds is 3. The molecule has 1 aliphatic heterocycles. The van der Waals surface area contributed by atoms with Crippen molar-refractivity contribution in [3.8, 4) is 0 Å². The number of piperidine rings is 1. The summed E-state index contributed by atoms with van der Waals surface area (Å²) in [5, 5.41) is 12.3. The number of carboxylic acids is 1. The molecule has 2 rings (SSSR count). The molecule has 1 aliphatic carbocycles. The first kappa shape index (κ1) is 14.9.